The summed E-state index contributed by atoms with van der Waals surface area (Å²) in [7, 11) is 0. The highest BCUT2D eigenvalue weighted by molar-refractivity contribution is 7.99. The van der Waals surface area contributed by atoms with Crippen LogP contribution in [0.15, 0.2) is 70.6 Å². The largest absolute Gasteiger partial charge is 0.478 e. The van der Waals surface area contributed by atoms with Gasteiger partial charge in [-0.05, 0) is 18.2 Å². The van der Waals surface area contributed by atoms with Gasteiger partial charge in [0, 0.05) is 21.4 Å². The lowest BCUT2D eigenvalue weighted by atomic mass is 10.1. The molecule has 0 saturated carbocycles. The van der Waals surface area contributed by atoms with Gasteiger partial charge in [-0.1, -0.05) is 48.2 Å². The molecule has 0 fully saturated rings. The van der Waals surface area contributed by atoms with Crippen LogP contribution in [-0.4, -0.2) is 16.1 Å². The molecule has 3 aromatic rings. The molecule has 0 saturated heterocycles. The van der Waals surface area contributed by atoms with Gasteiger partial charge in [0.15, 0.2) is 0 Å². The van der Waals surface area contributed by atoms with E-state index in [4.69, 9.17) is 0 Å². The Morgan fingerprint density at radius 1 is 1.00 bits per heavy atom. The second-order valence-corrected chi connectivity index (χ2v) is 5.32. The molecule has 0 aliphatic rings. The molecule has 2 aromatic carbocycles. The number of carboxylic acid groups (broad SMARTS) is 1. The molecule has 1 aromatic heterocycles. The van der Waals surface area contributed by atoms with Crippen LogP contribution in [-0.2, 0) is 0 Å². The molecular weight excluding hydrogens is 270 g/mol. The van der Waals surface area contributed by atoms with Gasteiger partial charge in [0.05, 0.1) is 11.1 Å². The predicted molar refractivity (Wildman–Crippen MR) is 79.3 cm³/mol. The Kier molecular flexibility index (Phi) is 3.39. The van der Waals surface area contributed by atoms with Crippen LogP contribution in [0.4, 0.5) is 0 Å². The van der Waals surface area contributed by atoms with E-state index in [-0.39, 0.29) is 5.56 Å². The van der Waals surface area contributed by atoms with Gasteiger partial charge < -0.3 is 5.11 Å². The minimum absolute atomic E-state index is 0.234. The van der Waals surface area contributed by atoms with E-state index in [1.807, 2.05) is 54.6 Å². The quantitative estimate of drug-likeness (QED) is 0.785. The molecule has 0 amide bonds. The number of para-hydroxylation sites is 1. The lowest BCUT2D eigenvalue weighted by molar-refractivity contribution is 0.0693. The highest BCUT2D eigenvalue weighted by Gasteiger charge is 2.15. The lowest BCUT2D eigenvalue weighted by Crippen LogP contribution is -2.00. The molecule has 0 aliphatic heterocycles. The van der Waals surface area contributed by atoms with Gasteiger partial charge in [-0.2, -0.15) is 0 Å². The monoisotopic (exact) mass is 281 g/mol. The van der Waals surface area contributed by atoms with Crippen LogP contribution in [0.2, 0.25) is 0 Å². The van der Waals surface area contributed by atoms with Crippen molar-refractivity contribution in [2.45, 2.75) is 9.79 Å². The van der Waals surface area contributed by atoms with Crippen molar-refractivity contribution in [3.05, 3.63) is 66.4 Å². The molecule has 0 aliphatic carbocycles. The molecule has 4 heteroatoms. The lowest BCUT2D eigenvalue weighted by Gasteiger charge is -2.09. The first-order chi connectivity index (χ1) is 9.75. The minimum atomic E-state index is -0.957. The summed E-state index contributed by atoms with van der Waals surface area (Å²) in [6, 6.07) is 17.3. The van der Waals surface area contributed by atoms with Crippen LogP contribution in [0.5, 0.6) is 0 Å². The van der Waals surface area contributed by atoms with Crippen molar-refractivity contribution in [1.82, 2.24) is 4.98 Å². The Bertz CT molecular complexity index is 772. The fourth-order valence-corrected chi connectivity index (χ4v) is 3.05. The van der Waals surface area contributed by atoms with Crippen LogP contribution >= 0.6 is 11.8 Å². The molecular formula is C16H11NO2S. The van der Waals surface area contributed by atoms with E-state index in [1.54, 1.807) is 0 Å². The number of aromatic carboxylic acids is 1. The Morgan fingerprint density at radius 3 is 2.45 bits per heavy atom. The highest BCUT2D eigenvalue weighted by Crippen LogP contribution is 2.35. The number of carboxylic acids is 1. The first kappa shape index (κ1) is 12.7. The number of fused-ring (bicyclic) bond motifs is 1. The molecule has 0 radical (unpaired) electrons. The number of carbonyl (C=O) groups is 1. The van der Waals surface area contributed by atoms with E-state index < -0.39 is 5.97 Å². The summed E-state index contributed by atoms with van der Waals surface area (Å²) in [6.45, 7) is 0. The molecule has 3 nitrogen and oxygen atoms in total. The Labute approximate surface area is 120 Å². The summed E-state index contributed by atoms with van der Waals surface area (Å²) < 4.78 is 0. The van der Waals surface area contributed by atoms with E-state index >= 15 is 0 Å². The normalized spacial score (nSPS) is 10.6. The third kappa shape index (κ3) is 2.38. The van der Waals surface area contributed by atoms with E-state index in [0.717, 1.165) is 20.7 Å². The second-order valence-electron chi connectivity index (χ2n) is 4.24. The maximum absolute atomic E-state index is 11.4. The molecule has 0 bridgehead atoms. The number of benzene rings is 2. The fraction of sp³-hybridized carbons (Fsp3) is 0. The predicted octanol–water partition coefficient (Wildman–Crippen LogP) is 4.08. The SMILES string of the molecule is O=C(O)c1cnc2ccccc2c1Sc1ccccc1. The van der Waals surface area contributed by atoms with Gasteiger partial charge in [-0.25, -0.2) is 4.79 Å². The number of hydrogen-bond acceptors (Lipinski definition) is 3. The van der Waals surface area contributed by atoms with Crippen LogP contribution in [0.1, 0.15) is 10.4 Å². The van der Waals surface area contributed by atoms with Crippen molar-refractivity contribution in [2.24, 2.45) is 0 Å². The summed E-state index contributed by atoms with van der Waals surface area (Å²) in [5.41, 5.74) is 1.04. The van der Waals surface area contributed by atoms with Crippen molar-refractivity contribution in [3.63, 3.8) is 0 Å². The maximum Gasteiger partial charge on any atom is 0.338 e. The minimum Gasteiger partial charge on any atom is -0.478 e. The molecule has 0 unspecified atom stereocenters. The molecule has 0 spiro atoms. The highest BCUT2D eigenvalue weighted by atomic mass is 32.2. The standard InChI is InChI=1S/C16H11NO2S/c18-16(19)13-10-17-14-9-5-4-8-12(14)15(13)20-11-6-2-1-3-7-11/h1-10H,(H,18,19). The summed E-state index contributed by atoms with van der Waals surface area (Å²) in [5.74, 6) is -0.957. The summed E-state index contributed by atoms with van der Waals surface area (Å²) in [5, 5.41) is 10.2. The van der Waals surface area contributed by atoms with Gasteiger partial charge in [-0.3, -0.25) is 4.98 Å². The number of aromatic nitrogens is 1. The van der Waals surface area contributed by atoms with Crippen molar-refractivity contribution < 1.29 is 9.90 Å². The molecule has 1 N–H and O–H groups in total. The van der Waals surface area contributed by atoms with Gasteiger partial charge >= 0.3 is 5.97 Å². The molecule has 98 valence electrons. The Balaban J connectivity index is 2.20. The first-order valence-corrected chi connectivity index (χ1v) is 6.91. The number of pyridine rings is 1. The van der Waals surface area contributed by atoms with Crippen LogP contribution in [0, 0.1) is 0 Å². The zero-order chi connectivity index (χ0) is 13.9. The Morgan fingerprint density at radius 2 is 1.70 bits per heavy atom. The second kappa shape index (κ2) is 5.35. The smallest absolute Gasteiger partial charge is 0.338 e. The third-order valence-electron chi connectivity index (χ3n) is 2.92. The van der Waals surface area contributed by atoms with Crippen molar-refractivity contribution >= 4 is 28.6 Å². The average Bonchev–Trinajstić information content (AvgIpc) is 2.48. The zero-order valence-electron chi connectivity index (χ0n) is 10.5. The number of hydrogen-bond donors (Lipinski definition) is 1. The van der Waals surface area contributed by atoms with Crippen LogP contribution < -0.4 is 0 Å². The van der Waals surface area contributed by atoms with E-state index in [2.05, 4.69) is 4.98 Å². The summed E-state index contributed by atoms with van der Waals surface area (Å²) in [6.07, 6.45) is 1.43. The van der Waals surface area contributed by atoms with Gasteiger partial charge in [0.25, 0.3) is 0 Å². The van der Waals surface area contributed by atoms with E-state index in [0.29, 0.717) is 0 Å². The van der Waals surface area contributed by atoms with E-state index in [1.165, 1.54) is 18.0 Å². The molecule has 1 heterocycles. The molecule has 3 rings (SSSR count). The van der Waals surface area contributed by atoms with E-state index in [9.17, 15) is 9.90 Å². The number of nitrogens with zero attached hydrogens (tertiary/aromatic N) is 1. The Hall–Kier alpha value is -2.33. The summed E-state index contributed by atoms with van der Waals surface area (Å²) >= 11 is 1.45. The molecule has 0 atom stereocenters. The molecule has 20 heavy (non-hydrogen) atoms. The summed E-state index contributed by atoms with van der Waals surface area (Å²) in [4.78, 5) is 17.3. The van der Waals surface area contributed by atoms with Crippen LogP contribution in [0.25, 0.3) is 10.9 Å². The van der Waals surface area contributed by atoms with Gasteiger partial charge in [-0.15, -0.1) is 0 Å². The topological polar surface area (TPSA) is 50.2 Å². The first-order valence-electron chi connectivity index (χ1n) is 6.09. The van der Waals surface area contributed by atoms with Crippen molar-refractivity contribution in [1.29, 1.82) is 0 Å². The van der Waals surface area contributed by atoms with Gasteiger partial charge in [0.1, 0.15) is 0 Å². The third-order valence-corrected chi connectivity index (χ3v) is 4.07. The maximum atomic E-state index is 11.4. The van der Waals surface area contributed by atoms with Crippen molar-refractivity contribution in [2.75, 3.05) is 0 Å². The fourth-order valence-electron chi connectivity index (χ4n) is 1.98. The zero-order valence-corrected chi connectivity index (χ0v) is 11.3. The average molecular weight is 281 g/mol. The van der Waals surface area contributed by atoms with Gasteiger partial charge in [0.2, 0.25) is 0 Å². The number of rotatable bonds is 3. The van der Waals surface area contributed by atoms with Crippen molar-refractivity contribution in [3.8, 4) is 0 Å². The van der Waals surface area contributed by atoms with Crippen LogP contribution in [0.3, 0.4) is 0 Å².